The lowest BCUT2D eigenvalue weighted by Gasteiger charge is -2.29. The Labute approximate surface area is 154 Å². The van der Waals surface area contributed by atoms with Crippen molar-refractivity contribution >= 4 is 16.0 Å². The van der Waals surface area contributed by atoms with Gasteiger partial charge in [0.05, 0.1) is 39.5 Å². The molecule has 0 saturated heterocycles. The first-order valence-electron chi connectivity index (χ1n) is 9.56. The summed E-state index contributed by atoms with van der Waals surface area (Å²) >= 11 is 0. The Balaban J connectivity index is 4.09. The molecule has 0 spiro atoms. The summed E-state index contributed by atoms with van der Waals surface area (Å²) in [5.41, 5.74) is 0. The number of carbonyl (C=O) groups is 1. The predicted octanol–water partition coefficient (Wildman–Crippen LogP) is 1.65. The summed E-state index contributed by atoms with van der Waals surface area (Å²) in [6, 6.07) is -0.631. The highest BCUT2D eigenvalue weighted by Gasteiger charge is 2.23. The first-order chi connectivity index (χ1) is 11.6. The van der Waals surface area contributed by atoms with E-state index in [0.717, 1.165) is 19.3 Å². The maximum Gasteiger partial charge on any atom is 0.212 e. The van der Waals surface area contributed by atoms with E-state index in [1.54, 1.807) is 0 Å². The molecule has 1 N–H and O–H groups in total. The van der Waals surface area contributed by atoms with Crippen LogP contribution in [0.3, 0.4) is 0 Å². The number of hydrogen-bond donors (Lipinski definition) is 1. The summed E-state index contributed by atoms with van der Waals surface area (Å²) in [5, 5.41) is 10.9. The van der Waals surface area contributed by atoms with Crippen LogP contribution in [0.4, 0.5) is 0 Å². The van der Waals surface area contributed by atoms with Gasteiger partial charge >= 0.3 is 0 Å². The number of nitrogens with one attached hydrogen (secondary N) is 1. The average molecular weight is 379 g/mol. The molecule has 0 aliphatic rings. The molecule has 0 heterocycles. The molecular weight excluding hydrogens is 340 g/mol. The van der Waals surface area contributed by atoms with Crippen molar-refractivity contribution in [3.05, 3.63) is 0 Å². The Morgan fingerprint density at radius 3 is 1.88 bits per heavy atom. The summed E-state index contributed by atoms with van der Waals surface area (Å²) in [6.45, 7) is 2.61. The Hall–Kier alpha value is -0.660. The van der Waals surface area contributed by atoms with E-state index in [4.69, 9.17) is 0 Å². The fraction of sp³-hybridized carbons (Fsp3) is 0.944. The molecule has 0 aromatic heterocycles. The molecule has 25 heavy (non-hydrogen) atoms. The van der Waals surface area contributed by atoms with Crippen LogP contribution in [0, 0.1) is 0 Å². The summed E-state index contributed by atoms with van der Waals surface area (Å²) in [7, 11) is 2.25. The van der Waals surface area contributed by atoms with E-state index in [0.29, 0.717) is 17.4 Å². The molecule has 0 rings (SSSR count). The molecule has 0 radical (unpaired) electrons. The Kier molecular flexibility index (Phi) is 12.3. The summed E-state index contributed by atoms with van der Waals surface area (Å²) < 4.78 is 27.4. The molecule has 0 unspecified atom stereocenters. The van der Waals surface area contributed by atoms with Crippen LogP contribution in [0.2, 0.25) is 0 Å². The molecule has 0 aliphatic carbocycles. The van der Waals surface area contributed by atoms with Gasteiger partial charge in [-0.1, -0.05) is 58.3 Å². The zero-order valence-electron chi connectivity index (χ0n) is 16.6. The van der Waals surface area contributed by atoms with Gasteiger partial charge in [0.15, 0.2) is 0 Å². The normalized spacial score (nSPS) is 13.8. The number of unbranched alkanes of at least 4 members (excludes halogenated alkanes) is 8. The number of hydrogen-bond acceptors (Lipinski definition) is 4. The van der Waals surface area contributed by atoms with Crippen LogP contribution in [0.5, 0.6) is 0 Å². The van der Waals surface area contributed by atoms with E-state index in [9.17, 15) is 18.3 Å². The largest absolute Gasteiger partial charge is 0.550 e. The van der Waals surface area contributed by atoms with Gasteiger partial charge < -0.3 is 14.4 Å². The maximum absolute atomic E-state index is 12.2. The van der Waals surface area contributed by atoms with Gasteiger partial charge in [-0.25, -0.2) is 13.1 Å². The minimum atomic E-state index is -3.45. The first kappa shape index (κ1) is 24.3. The highest BCUT2D eigenvalue weighted by molar-refractivity contribution is 7.89. The van der Waals surface area contributed by atoms with Gasteiger partial charge in [0.2, 0.25) is 10.0 Å². The molecule has 0 bridgehead atoms. The van der Waals surface area contributed by atoms with Gasteiger partial charge in [0.25, 0.3) is 0 Å². The molecule has 0 saturated carbocycles. The number of quaternary nitrogens is 1. The second kappa shape index (κ2) is 12.7. The number of carbonyl (C=O) groups excluding carboxylic acids is 1. The molecule has 1 atom stereocenters. The number of carboxylic acids is 1. The van der Waals surface area contributed by atoms with Gasteiger partial charge in [0, 0.05) is 12.4 Å². The molecule has 7 heteroatoms. The monoisotopic (exact) mass is 378 g/mol. The van der Waals surface area contributed by atoms with Crippen molar-refractivity contribution in [2.75, 3.05) is 33.4 Å². The van der Waals surface area contributed by atoms with Crippen molar-refractivity contribution in [2.45, 2.75) is 77.2 Å². The van der Waals surface area contributed by atoms with Crippen LogP contribution in [0.15, 0.2) is 0 Å². The van der Waals surface area contributed by atoms with Crippen LogP contribution in [-0.2, 0) is 14.8 Å². The summed E-state index contributed by atoms with van der Waals surface area (Å²) in [5.74, 6) is -1.17. The van der Waals surface area contributed by atoms with Crippen molar-refractivity contribution in [3.63, 3.8) is 0 Å². The van der Waals surface area contributed by atoms with Crippen molar-refractivity contribution < 1.29 is 22.8 Å². The zero-order chi connectivity index (χ0) is 19.3. The van der Waals surface area contributed by atoms with Crippen LogP contribution in [0.1, 0.15) is 71.1 Å². The minimum Gasteiger partial charge on any atom is -0.550 e. The third kappa shape index (κ3) is 16.6. The van der Waals surface area contributed by atoms with Gasteiger partial charge in [-0.2, -0.15) is 0 Å². The lowest BCUT2D eigenvalue weighted by molar-refractivity contribution is -0.871. The highest BCUT2D eigenvalue weighted by Crippen LogP contribution is 2.10. The van der Waals surface area contributed by atoms with Gasteiger partial charge in [-0.3, -0.25) is 0 Å². The molecule has 0 aromatic rings. The van der Waals surface area contributed by atoms with Gasteiger partial charge in [-0.15, -0.1) is 0 Å². The van der Waals surface area contributed by atoms with E-state index < -0.39 is 22.0 Å². The van der Waals surface area contributed by atoms with Crippen molar-refractivity contribution in [2.24, 2.45) is 0 Å². The van der Waals surface area contributed by atoms with Crippen molar-refractivity contribution in [3.8, 4) is 0 Å². The van der Waals surface area contributed by atoms with Crippen molar-refractivity contribution in [1.82, 2.24) is 4.72 Å². The number of carboxylic acid groups (broad SMARTS) is 1. The van der Waals surface area contributed by atoms with Crippen LogP contribution >= 0.6 is 0 Å². The third-order valence-corrected chi connectivity index (χ3v) is 5.56. The lowest BCUT2D eigenvalue weighted by Crippen LogP contribution is -2.51. The van der Waals surface area contributed by atoms with Crippen LogP contribution < -0.4 is 9.83 Å². The van der Waals surface area contributed by atoms with E-state index >= 15 is 0 Å². The molecule has 0 aliphatic heterocycles. The van der Waals surface area contributed by atoms with Crippen molar-refractivity contribution in [1.29, 1.82) is 0 Å². The number of nitrogens with zero attached hydrogens (tertiary/aromatic N) is 1. The predicted molar refractivity (Wildman–Crippen MR) is 100 cm³/mol. The number of aliphatic carboxylic acids is 1. The topological polar surface area (TPSA) is 86.3 Å². The van der Waals surface area contributed by atoms with Gasteiger partial charge in [-0.05, 0) is 6.42 Å². The molecule has 0 aromatic carbocycles. The Morgan fingerprint density at radius 2 is 1.44 bits per heavy atom. The third-order valence-electron chi connectivity index (χ3n) is 4.04. The number of sulfonamides is 1. The molecule has 0 amide bonds. The molecular formula is C18H38N2O4S. The average Bonchev–Trinajstić information content (AvgIpc) is 2.42. The summed E-state index contributed by atoms with van der Waals surface area (Å²) in [4.78, 5) is 10.9. The van der Waals surface area contributed by atoms with E-state index in [1.807, 2.05) is 21.1 Å². The lowest BCUT2D eigenvalue weighted by atomic mass is 10.1. The fourth-order valence-electron chi connectivity index (χ4n) is 2.92. The molecule has 150 valence electrons. The smallest absolute Gasteiger partial charge is 0.212 e. The first-order valence-corrected chi connectivity index (χ1v) is 11.2. The Bertz CT molecular complexity index is 458. The van der Waals surface area contributed by atoms with Crippen LogP contribution in [-0.4, -0.2) is 58.4 Å². The zero-order valence-corrected chi connectivity index (χ0v) is 17.4. The maximum atomic E-state index is 12.2. The second-order valence-electron chi connectivity index (χ2n) is 8.01. The number of likely N-dealkylation sites (N-methyl/N-ethyl adjacent to an activating group) is 1. The van der Waals surface area contributed by atoms with E-state index in [-0.39, 0.29) is 12.2 Å². The van der Waals surface area contributed by atoms with E-state index in [1.165, 1.54) is 32.1 Å². The fourth-order valence-corrected chi connectivity index (χ4v) is 4.29. The SMILES string of the molecule is CCCCCCCCCCCS(=O)(=O)N[C@H](CC(=O)[O-])C[N+](C)(C)C. The second-order valence-corrected chi connectivity index (χ2v) is 9.88. The van der Waals surface area contributed by atoms with Gasteiger partial charge in [0.1, 0.15) is 0 Å². The minimum absolute atomic E-state index is 0.0591. The number of rotatable bonds is 16. The van der Waals surface area contributed by atoms with E-state index in [2.05, 4.69) is 11.6 Å². The molecule has 6 nitrogen and oxygen atoms in total. The van der Waals surface area contributed by atoms with Crippen LogP contribution in [0.25, 0.3) is 0 Å². The summed E-state index contributed by atoms with van der Waals surface area (Å²) in [6.07, 6.45) is 9.76. The highest BCUT2D eigenvalue weighted by atomic mass is 32.2. The molecule has 0 fully saturated rings. The Morgan fingerprint density at radius 1 is 0.960 bits per heavy atom. The quantitative estimate of drug-likeness (QED) is 0.327. The standard InChI is InChI=1S/C18H38N2O4S/c1-5-6-7-8-9-10-11-12-13-14-25(23,24)19-17(15-18(21)22)16-20(2,3)4/h17,19H,5-16H2,1-4H3/t17-/m1/s1.